The number of unbranched alkanes of at least 4 members (excludes halogenated alkanes) is 14. The fourth-order valence-corrected chi connectivity index (χ4v) is 7.22. The molecule has 0 amide bonds. The van der Waals surface area contributed by atoms with E-state index in [4.69, 9.17) is 4.74 Å². The SMILES string of the molecule is CCCCCCCCCC[S+](CCC)CCCCCCCCCCC1CCCCO1. The minimum atomic E-state index is 0.599. The van der Waals surface area contributed by atoms with Gasteiger partial charge in [-0.05, 0) is 68.7 Å². The van der Waals surface area contributed by atoms with Gasteiger partial charge in [-0.15, -0.1) is 0 Å². The summed E-state index contributed by atoms with van der Waals surface area (Å²) in [6.45, 7) is 5.71. The highest BCUT2D eigenvalue weighted by molar-refractivity contribution is 7.96. The quantitative estimate of drug-likeness (QED) is 0.120. The maximum Gasteiger partial charge on any atom is 0.108 e. The van der Waals surface area contributed by atoms with Crippen molar-refractivity contribution in [3.8, 4) is 0 Å². The lowest BCUT2D eigenvalue weighted by molar-refractivity contribution is 0.00977. The lowest BCUT2D eigenvalue weighted by Gasteiger charge is -2.22. The molecule has 2 unspecified atom stereocenters. The van der Waals surface area contributed by atoms with E-state index in [0.29, 0.717) is 6.10 Å². The summed E-state index contributed by atoms with van der Waals surface area (Å²) in [4.78, 5) is 0. The topological polar surface area (TPSA) is 9.23 Å². The lowest BCUT2D eigenvalue weighted by Crippen LogP contribution is -2.18. The first-order chi connectivity index (χ1) is 14.9. The number of hydrogen-bond donors (Lipinski definition) is 0. The first kappa shape index (κ1) is 28.3. The normalized spacial score (nSPS) is 18.0. The van der Waals surface area contributed by atoms with E-state index >= 15 is 0 Å². The summed E-state index contributed by atoms with van der Waals surface area (Å²) in [6, 6.07) is 0. The van der Waals surface area contributed by atoms with E-state index in [2.05, 4.69) is 13.8 Å². The fraction of sp³-hybridized carbons (Fsp3) is 1.00. The van der Waals surface area contributed by atoms with Gasteiger partial charge in [0.1, 0.15) is 17.3 Å². The monoisotopic (exact) mass is 441 g/mol. The minimum Gasteiger partial charge on any atom is -0.378 e. The molecule has 0 bridgehead atoms. The van der Waals surface area contributed by atoms with Crippen LogP contribution in [0.25, 0.3) is 0 Å². The molecule has 0 saturated carbocycles. The van der Waals surface area contributed by atoms with Crippen LogP contribution in [0.15, 0.2) is 0 Å². The van der Waals surface area contributed by atoms with E-state index in [0.717, 1.165) is 17.5 Å². The molecule has 1 heterocycles. The van der Waals surface area contributed by atoms with Gasteiger partial charge < -0.3 is 4.74 Å². The molecule has 180 valence electrons. The highest BCUT2D eigenvalue weighted by atomic mass is 32.2. The minimum absolute atomic E-state index is 0.599. The molecule has 0 spiro atoms. The second-order valence-electron chi connectivity index (χ2n) is 9.81. The summed E-state index contributed by atoms with van der Waals surface area (Å²) >= 11 is 0. The average molecular weight is 442 g/mol. The Morgan fingerprint density at radius 3 is 1.60 bits per heavy atom. The highest BCUT2D eigenvalue weighted by Gasteiger charge is 2.15. The van der Waals surface area contributed by atoms with Crippen LogP contribution < -0.4 is 0 Å². The van der Waals surface area contributed by atoms with Gasteiger partial charge in [0.15, 0.2) is 0 Å². The third-order valence-electron chi connectivity index (χ3n) is 6.76. The van der Waals surface area contributed by atoms with Gasteiger partial charge in [-0.2, -0.15) is 0 Å². The van der Waals surface area contributed by atoms with Crippen LogP contribution in [0.4, 0.5) is 0 Å². The smallest absolute Gasteiger partial charge is 0.108 e. The van der Waals surface area contributed by atoms with Crippen LogP contribution in [0, 0.1) is 0 Å². The lowest BCUT2D eigenvalue weighted by atomic mass is 10.0. The van der Waals surface area contributed by atoms with Gasteiger partial charge in [-0.3, -0.25) is 0 Å². The van der Waals surface area contributed by atoms with Crippen LogP contribution in [0.2, 0.25) is 0 Å². The third kappa shape index (κ3) is 17.9. The Morgan fingerprint density at radius 1 is 0.567 bits per heavy atom. The number of ether oxygens (including phenoxy) is 1. The van der Waals surface area contributed by atoms with Crippen LogP contribution in [0.3, 0.4) is 0 Å². The Morgan fingerprint density at radius 2 is 1.10 bits per heavy atom. The van der Waals surface area contributed by atoms with Crippen molar-refractivity contribution in [1.82, 2.24) is 0 Å². The maximum absolute atomic E-state index is 5.84. The molecular formula is C28H57OS+. The molecule has 0 aliphatic carbocycles. The summed E-state index contributed by atoms with van der Waals surface area (Å²) in [5, 5.41) is 0. The van der Waals surface area contributed by atoms with Crippen molar-refractivity contribution >= 4 is 10.9 Å². The van der Waals surface area contributed by atoms with E-state index in [-0.39, 0.29) is 0 Å². The van der Waals surface area contributed by atoms with Crippen molar-refractivity contribution < 1.29 is 4.74 Å². The van der Waals surface area contributed by atoms with E-state index < -0.39 is 0 Å². The van der Waals surface area contributed by atoms with Gasteiger partial charge in [0.05, 0.1) is 6.10 Å². The van der Waals surface area contributed by atoms with Crippen molar-refractivity contribution in [2.24, 2.45) is 0 Å². The molecule has 0 radical (unpaired) electrons. The zero-order valence-electron chi connectivity index (χ0n) is 21.1. The molecule has 1 aliphatic rings. The van der Waals surface area contributed by atoms with Gasteiger partial charge in [-0.1, -0.05) is 90.9 Å². The first-order valence-electron chi connectivity index (χ1n) is 14.1. The number of hydrogen-bond acceptors (Lipinski definition) is 1. The molecule has 1 nitrogen and oxygen atoms in total. The molecule has 2 atom stereocenters. The van der Waals surface area contributed by atoms with Gasteiger partial charge >= 0.3 is 0 Å². The largest absolute Gasteiger partial charge is 0.378 e. The van der Waals surface area contributed by atoms with E-state index in [1.54, 1.807) is 0 Å². The molecule has 1 rings (SSSR count). The third-order valence-corrected chi connectivity index (χ3v) is 9.48. The zero-order valence-corrected chi connectivity index (χ0v) is 21.9. The molecule has 0 N–H and O–H groups in total. The molecule has 1 aliphatic heterocycles. The van der Waals surface area contributed by atoms with E-state index in [1.807, 2.05) is 0 Å². The Kier molecular flexibility index (Phi) is 21.3. The molecule has 0 aromatic rings. The van der Waals surface area contributed by atoms with E-state index in [9.17, 15) is 0 Å². The molecular weight excluding hydrogens is 384 g/mol. The van der Waals surface area contributed by atoms with Crippen LogP contribution in [-0.2, 0) is 15.6 Å². The van der Waals surface area contributed by atoms with Crippen molar-refractivity contribution in [3.05, 3.63) is 0 Å². The van der Waals surface area contributed by atoms with Crippen LogP contribution in [0.5, 0.6) is 0 Å². The van der Waals surface area contributed by atoms with Crippen molar-refractivity contribution in [2.45, 2.75) is 155 Å². The van der Waals surface area contributed by atoms with Gasteiger partial charge in [0.2, 0.25) is 0 Å². The summed E-state index contributed by atoms with van der Waals surface area (Å²) < 4.78 is 5.84. The van der Waals surface area contributed by atoms with Crippen molar-refractivity contribution in [3.63, 3.8) is 0 Å². The predicted molar refractivity (Wildman–Crippen MR) is 140 cm³/mol. The van der Waals surface area contributed by atoms with Crippen LogP contribution in [-0.4, -0.2) is 30.0 Å². The highest BCUT2D eigenvalue weighted by Crippen LogP contribution is 2.19. The zero-order chi connectivity index (χ0) is 21.5. The molecule has 0 aromatic carbocycles. The molecule has 0 aromatic heterocycles. The second-order valence-corrected chi connectivity index (χ2v) is 12.3. The molecule has 1 fully saturated rings. The molecule has 2 heteroatoms. The van der Waals surface area contributed by atoms with Gasteiger partial charge in [0.25, 0.3) is 0 Å². The van der Waals surface area contributed by atoms with Crippen molar-refractivity contribution in [2.75, 3.05) is 23.9 Å². The van der Waals surface area contributed by atoms with Gasteiger partial charge in [0, 0.05) is 6.61 Å². The standard InChI is InChI=1S/C28H57OS/c1-3-5-6-7-8-12-15-20-26-30(25-4-2)27-21-16-13-10-9-11-14-17-22-28-23-18-19-24-29-28/h28H,3-27H2,1-2H3/q+1. The fourth-order valence-electron chi connectivity index (χ4n) is 4.81. The second kappa shape index (κ2) is 22.5. The van der Waals surface area contributed by atoms with E-state index in [1.165, 1.54) is 152 Å². The van der Waals surface area contributed by atoms with Crippen molar-refractivity contribution in [1.29, 1.82) is 0 Å². The Bertz CT molecular complexity index is 327. The summed E-state index contributed by atoms with van der Waals surface area (Å²) in [5.41, 5.74) is 0. The average Bonchev–Trinajstić information content (AvgIpc) is 2.77. The van der Waals surface area contributed by atoms with Crippen LogP contribution in [0.1, 0.15) is 149 Å². The Balaban J connectivity index is 1.84. The maximum atomic E-state index is 5.84. The number of rotatable bonds is 22. The Hall–Kier alpha value is 0.310. The first-order valence-corrected chi connectivity index (χ1v) is 15.9. The predicted octanol–water partition coefficient (Wildman–Crippen LogP) is 9.24. The van der Waals surface area contributed by atoms with Gasteiger partial charge in [-0.25, -0.2) is 0 Å². The summed E-state index contributed by atoms with van der Waals surface area (Å²) in [7, 11) is 0.739. The summed E-state index contributed by atoms with van der Waals surface area (Å²) in [6.07, 6.45) is 30.7. The van der Waals surface area contributed by atoms with Crippen LogP contribution >= 0.6 is 0 Å². The Labute approximate surface area is 194 Å². The molecule has 1 saturated heterocycles. The molecule has 30 heavy (non-hydrogen) atoms. The summed E-state index contributed by atoms with van der Waals surface area (Å²) in [5.74, 6) is 4.57.